The Hall–Kier alpha value is -3.02. The molecule has 1 amide bonds. The van der Waals surface area contributed by atoms with Gasteiger partial charge in [-0.15, -0.1) is 0 Å². The SMILES string of the molecule is Cc1ccc(C(=O)Nc2ccc(O)cc2C(=O)O)c(O)c1. The third kappa shape index (κ3) is 3.11. The molecule has 2 aromatic carbocycles. The van der Waals surface area contributed by atoms with E-state index in [9.17, 15) is 19.8 Å². The number of benzene rings is 2. The maximum Gasteiger partial charge on any atom is 0.337 e. The highest BCUT2D eigenvalue weighted by atomic mass is 16.4. The molecule has 0 unspecified atom stereocenters. The van der Waals surface area contributed by atoms with Crippen LogP contribution in [-0.2, 0) is 0 Å². The molecule has 0 aliphatic carbocycles. The number of hydrogen-bond acceptors (Lipinski definition) is 4. The number of aromatic hydroxyl groups is 2. The monoisotopic (exact) mass is 287 g/mol. The zero-order valence-electron chi connectivity index (χ0n) is 11.1. The number of aromatic carboxylic acids is 1. The van der Waals surface area contributed by atoms with Crippen LogP contribution in [0.5, 0.6) is 11.5 Å². The van der Waals surface area contributed by atoms with Crippen LogP contribution in [0.3, 0.4) is 0 Å². The molecule has 108 valence electrons. The van der Waals surface area contributed by atoms with Crippen LogP contribution in [0.4, 0.5) is 5.69 Å². The molecule has 0 aromatic heterocycles. The average molecular weight is 287 g/mol. The van der Waals surface area contributed by atoms with Crippen molar-refractivity contribution in [3.05, 3.63) is 53.1 Å². The number of nitrogens with one attached hydrogen (secondary N) is 1. The number of hydrogen-bond donors (Lipinski definition) is 4. The van der Waals surface area contributed by atoms with Gasteiger partial charge >= 0.3 is 5.97 Å². The number of anilines is 1. The zero-order chi connectivity index (χ0) is 15.6. The summed E-state index contributed by atoms with van der Waals surface area (Å²) in [6, 6.07) is 8.11. The van der Waals surface area contributed by atoms with Gasteiger partial charge in [0.1, 0.15) is 11.5 Å². The Bertz CT molecular complexity index is 724. The normalized spacial score (nSPS) is 10.1. The number of phenols is 2. The summed E-state index contributed by atoms with van der Waals surface area (Å²) in [5.74, 6) is -2.33. The van der Waals surface area contributed by atoms with Crippen LogP contribution in [0.15, 0.2) is 36.4 Å². The fourth-order valence-corrected chi connectivity index (χ4v) is 1.84. The van der Waals surface area contributed by atoms with E-state index < -0.39 is 11.9 Å². The van der Waals surface area contributed by atoms with Crippen LogP contribution in [0.1, 0.15) is 26.3 Å². The molecule has 0 saturated carbocycles. The highest BCUT2D eigenvalue weighted by Gasteiger charge is 2.16. The number of rotatable bonds is 3. The highest BCUT2D eigenvalue weighted by Crippen LogP contribution is 2.24. The number of carboxylic acids is 1. The molecule has 0 radical (unpaired) electrons. The third-order valence-electron chi connectivity index (χ3n) is 2.88. The maximum absolute atomic E-state index is 12.1. The van der Waals surface area contributed by atoms with Crippen LogP contribution < -0.4 is 5.32 Å². The summed E-state index contributed by atoms with van der Waals surface area (Å²) in [6.45, 7) is 1.77. The Morgan fingerprint density at radius 3 is 2.33 bits per heavy atom. The Morgan fingerprint density at radius 2 is 1.71 bits per heavy atom. The Balaban J connectivity index is 2.34. The molecule has 0 heterocycles. The second-order valence-corrected chi connectivity index (χ2v) is 4.51. The molecule has 0 aliphatic heterocycles. The van der Waals surface area contributed by atoms with Crippen LogP contribution >= 0.6 is 0 Å². The van der Waals surface area contributed by atoms with Crippen LogP contribution in [0.25, 0.3) is 0 Å². The first-order chi connectivity index (χ1) is 9.88. The van der Waals surface area contributed by atoms with E-state index in [4.69, 9.17) is 5.11 Å². The van der Waals surface area contributed by atoms with Crippen molar-refractivity contribution in [2.45, 2.75) is 6.92 Å². The number of amides is 1. The van der Waals surface area contributed by atoms with Crippen molar-refractivity contribution >= 4 is 17.6 Å². The molecule has 6 heteroatoms. The largest absolute Gasteiger partial charge is 0.508 e. The van der Waals surface area contributed by atoms with Crippen molar-refractivity contribution < 1.29 is 24.9 Å². The minimum atomic E-state index is -1.28. The van der Waals surface area contributed by atoms with Gasteiger partial charge in [-0.1, -0.05) is 6.07 Å². The third-order valence-corrected chi connectivity index (χ3v) is 2.88. The topological polar surface area (TPSA) is 107 Å². The maximum atomic E-state index is 12.1. The van der Waals surface area contributed by atoms with E-state index in [0.29, 0.717) is 0 Å². The Morgan fingerprint density at radius 1 is 1.00 bits per heavy atom. The Kier molecular flexibility index (Phi) is 3.80. The van der Waals surface area contributed by atoms with Gasteiger partial charge in [0.15, 0.2) is 0 Å². The highest BCUT2D eigenvalue weighted by molar-refractivity contribution is 6.09. The van der Waals surface area contributed by atoms with E-state index >= 15 is 0 Å². The molecule has 21 heavy (non-hydrogen) atoms. The summed E-state index contributed by atoms with van der Waals surface area (Å²) in [4.78, 5) is 23.2. The van der Waals surface area contributed by atoms with Crippen LogP contribution in [-0.4, -0.2) is 27.2 Å². The van der Waals surface area contributed by atoms with E-state index in [1.807, 2.05) is 0 Å². The van der Waals surface area contributed by atoms with E-state index in [2.05, 4.69) is 5.32 Å². The number of aryl methyl sites for hydroxylation is 1. The summed E-state index contributed by atoms with van der Waals surface area (Å²) < 4.78 is 0. The molecule has 0 saturated heterocycles. The number of carbonyl (C=O) groups excluding carboxylic acids is 1. The summed E-state index contributed by atoms with van der Waals surface area (Å²) in [5.41, 5.74) is 0.616. The van der Waals surface area contributed by atoms with Crippen molar-refractivity contribution in [1.29, 1.82) is 0 Å². The molecule has 2 rings (SSSR count). The van der Waals surface area contributed by atoms with Crippen molar-refractivity contribution in [2.75, 3.05) is 5.32 Å². The minimum absolute atomic E-state index is 0.0324. The van der Waals surface area contributed by atoms with Gasteiger partial charge in [-0.2, -0.15) is 0 Å². The second kappa shape index (κ2) is 5.54. The van der Waals surface area contributed by atoms with Gasteiger partial charge in [0.25, 0.3) is 5.91 Å². The van der Waals surface area contributed by atoms with Crippen LogP contribution in [0.2, 0.25) is 0 Å². The molecule has 4 N–H and O–H groups in total. The molecule has 0 atom stereocenters. The van der Waals surface area contributed by atoms with Gasteiger partial charge < -0.3 is 20.6 Å². The summed E-state index contributed by atoms with van der Waals surface area (Å²) in [7, 11) is 0. The molecule has 0 fully saturated rings. The van der Waals surface area contributed by atoms with Crippen molar-refractivity contribution in [1.82, 2.24) is 0 Å². The first kappa shape index (κ1) is 14.4. The lowest BCUT2D eigenvalue weighted by Gasteiger charge is -2.10. The first-order valence-corrected chi connectivity index (χ1v) is 6.06. The minimum Gasteiger partial charge on any atom is -0.508 e. The predicted molar refractivity (Wildman–Crippen MR) is 75.9 cm³/mol. The lowest BCUT2D eigenvalue weighted by molar-refractivity contribution is 0.0697. The van der Waals surface area contributed by atoms with Crippen molar-refractivity contribution in [3.63, 3.8) is 0 Å². The molecule has 0 spiro atoms. The first-order valence-electron chi connectivity index (χ1n) is 6.06. The summed E-state index contributed by atoms with van der Waals surface area (Å²) >= 11 is 0. The number of phenolic OH excluding ortho intramolecular Hbond substituents is 2. The second-order valence-electron chi connectivity index (χ2n) is 4.51. The van der Waals surface area contributed by atoms with Gasteiger partial charge in [0.2, 0.25) is 0 Å². The lowest BCUT2D eigenvalue weighted by atomic mass is 10.1. The molecular formula is C15H13NO5. The summed E-state index contributed by atoms with van der Waals surface area (Å²) in [6.07, 6.45) is 0. The van der Waals surface area contributed by atoms with Crippen LogP contribution in [0, 0.1) is 6.92 Å². The fourth-order valence-electron chi connectivity index (χ4n) is 1.84. The van der Waals surface area contributed by atoms with E-state index in [0.717, 1.165) is 11.6 Å². The lowest BCUT2D eigenvalue weighted by Crippen LogP contribution is -2.15. The molecule has 0 aliphatic rings. The van der Waals surface area contributed by atoms with Gasteiger partial charge in [0, 0.05) is 0 Å². The van der Waals surface area contributed by atoms with Gasteiger partial charge in [-0.05, 0) is 42.8 Å². The molecular weight excluding hydrogens is 274 g/mol. The summed E-state index contributed by atoms with van der Waals surface area (Å²) in [5, 5.41) is 30.5. The van der Waals surface area contributed by atoms with Gasteiger partial charge in [-0.3, -0.25) is 4.79 Å². The van der Waals surface area contributed by atoms with Gasteiger partial charge in [0.05, 0.1) is 16.8 Å². The average Bonchev–Trinajstić information content (AvgIpc) is 2.40. The predicted octanol–water partition coefficient (Wildman–Crippen LogP) is 2.36. The van der Waals surface area contributed by atoms with E-state index in [1.165, 1.54) is 24.3 Å². The molecule has 6 nitrogen and oxygen atoms in total. The number of carboxylic acid groups (broad SMARTS) is 1. The number of carbonyl (C=O) groups is 2. The Labute approximate surface area is 120 Å². The standard InChI is InChI=1S/C15H13NO5/c1-8-2-4-10(13(18)6-8)14(19)16-12-5-3-9(17)7-11(12)15(20)21/h2-7,17-18H,1H3,(H,16,19)(H,20,21). The van der Waals surface area contributed by atoms with Crippen molar-refractivity contribution in [3.8, 4) is 11.5 Å². The van der Waals surface area contributed by atoms with E-state index in [1.54, 1.807) is 13.0 Å². The molecule has 0 bridgehead atoms. The fraction of sp³-hybridized carbons (Fsp3) is 0.0667. The zero-order valence-corrected chi connectivity index (χ0v) is 11.1. The van der Waals surface area contributed by atoms with E-state index in [-0.39, 0.29) is 28.3 Å². The smallest absolute Gasteiger partial charge is 0.337 e. The molecule has 2 aromatic rings. The van der Waals surface area contributed by atoms with Gasteiger partial charge in [-0.25, -0.2) is 4.79 Å². The van der Waals surface area contributed by atoms with Crippen molar-refractivity contribution in [2.24, 2.45) is 0 Å². The quantitative estimate of drug-likeness (QED) is 0.648.